The molecular weight excluding hydrogens is 360 g/mol. The third-order valence-electron chi connectivity index (χ3n) is 4.90. The summed E-state index contributed by atoms with van der Waals surface area (Å²) < 4.78 is 1.66. The first kappa shape index (κ1) is 17.1. The van der Waals surface area contributed by atoms with Crippen LogP contribution in [0.5, 0.6) is 0 Å². The first-order chi connectivity index (χ1) is 14.3. The molecule has 6 nitrogen and oxygen atoms in total. The maximum absolute atomic E-state index is 4.56. The minimum atomic E-state index is 0.660. The van der Waals surface area contributed by atoms with Crippen molar-refractivity contribution in [1.29, 1.82) is 0 Å². The Kier molecular flexibility index (Phi) is 4.22. The summed E-state index contributed by atoms with van der Waals surface area (Å²) in [5.74, 6) is 0.660. The molecule has 0 aliphatic rings. The summed E-state index contributed by atoms with van der Waals surface area (Å²) in [6, 6.07) is 26.7. The Hall–Kier alpha value is -4.06. The van der Waals surface area contributed by atoms with Crippen molar-refractivity contribution in [2.75, 3.05) is 5.43 Å². The van der Waals surface area contributed by atoms with E-state index in [1.54, 1.807) is 10.8 Å². The van der Waals surface area contributed by atoms with Crippen LogP contribution >= 0.6 is 0 Å². The fraction of sp³-hybridized carbons (Fsp3) is 0.0435. The van der Waals surface area contributed by atoms with Gasteiger partial charge in [0.2, 0.25) is 0 Å². The van der Waals surface area contributed by atoms with E-state index in [0.717, 1.165) is 27.7 Å². The number of fused-ring (bicyclic) bond motifs is 3. The summed E-state index contributed by atoms with van der Waals surface area (Å²) in [5, 5.41) is 19.1. The molecule has 0 saturated carbocycles. The van der Waals surface area contributed by atoms with Crippen molar-refractivity contribution in [3.05, 3.63) is 90.8 Å². The first-order valence-electron chi connectivity index (χ1n) is 9.34. The Balaban J connectivity index is 1.45. The van der Waals surface area contributed by atoms with Crippen LogP contribution in [0.3, 0.4) is 0 Å². The van der Waals surface area contributed by atoms with E-state index in [-0.39, 0.29) is 0 Å². The molecule has 2 aromatic heterocycles. The van der Waals surface area contributed by atoms with Gasteiger partial charge >= 0.3 is 0 Å². The molecule has 0 unspecified atom stereocenters. The smallest absolute Gasteiger partial charge is 0.185 e. The van der Waals surface area contributed by atoms with Gasteiger partial charge in [0, 0.05) is 10.8 Å². The van der Waals surface area contributed by atoms with Gasteiger partial charge < -0.3 is 0 Å². The van der Waals surface area contributed by atoms with Crippen molar-refractivity contribution in [3.8, 4) is 11.1 Å². The van der Waals surface area contributed by atoms with Crippen LogP contribution in [-0.2, 0) is 0 Å². The van der Waals surface area contributed by atoms with E-state index in [1.165, 1.54) is 11.1 Å². The Morgan fingerprint density at radius 2 is 1.52 bits per heavy atom. The molecule has 3 aromatic carbocycles. The number of hydrazone groups is 1. The zero-order valence-corrected chi connectivity index (χ0v) is 15.8. The Morgan fingerprint density at radius 1 is 0.828 bits per heavy atom. The Labute approximate surface area is 167 Å². The van der Waals surface area contributed by atoms with Crippen LogP contribution in [0, 0.1) is 0 Å². The molecule has 0 aliphatic carbocycles. The lowest BCUT2D eigenvalue weighted by atomic mass is 10.0. The summed E-state index contributed by atoms with van der Waals surface area (Å²) in [4.78, 5) is 0. The summed E-state index contributed by atoms with van der Waals surface area (Å²) >= 11 is 0. The highest BCUT2D eigenvalue weighted by Gasteiger charge is 2.09. The van der Waals surface area contributed by atoms with Crippen LogP contribution < -0.4 is 5.43 Å². The van der Waals surface area contributed by atoms with Gasteiger partial charge in [0.05, 0.1) is 5.71 Å². The number of anilines is 1. The van der Waals surface area contributed by atoms with Crippen LogP contribution in [0.15, 0.2) is 90.3 Å². The molecule has 0 amide bonds. The van der Waals surface area contributed by atoms with E-state index >= 15 is 0 Å². The Bertz CT molecular complexity index is 1320. The minimum Gasteiger partial charge on any atom is -0.259 e. The van der Waals surface area contributed by atoms with Gasteiger partial charge in [-0.1, -0.05) is 78.9 Å². The zero-order valence-electron chi connectivity index (χ0n) is 15.8. The van der Waals surface area contributed by atoms with E-state index in [2.05, 4.69) is 62.2 Å². The second-order valence-electron chi connectivity index (χ2n) is 6.75. The topological polar surface area (TPSA) is 67.5 Å². The standard InChI is InChI=1S/C23H18N6/c1-16(17-11-13-19(14-12-17)18-7-3-2-4-8-18)25-26-22-20-9-5-6-10-21(20)23-27-24-15-29(23)28-22/h2-15H,1H3,(H,26,28)/b25-16+. The summed E-state index contributed by atoms with van der Waals surface area (Å²) in [5.41, 5.74) is 8.14. The summed E-state index contributed by atoms with van der Waals surface area (Å²) in [6.45, 7) is 1.98. The molecule has 0 atom stereocenters. The van der Waals surface area contributed by atoms with Gasteiger partial charge in [-0.3, -0.25) is 5.43 Å². The van der Waals surface area contributed by atoms with Gasteiger partial charge in [-0.25, -0.2) is 0 Å². The summed E-state index contributed by atoms with van der Waals surface area (Å²) in [6.07, 6.45) is 1.59. The van der Waals surface area contributed by atoms with Crippen LogP contribution in [-0.4, -0.2) is 25.5 Å². The molecule has 0 fully saturated rings. The number of aromatic nitrogens is 4. The van der Waals surface area contributed by atoms with E-state index in [9.17, 15) is 0 Å². The molecule has 5 rings (SSSR count). The second-order valence-corrected chi connectivity index (χ2v) is 6.75. The predicted molar refractivity (Wildman–Crippen MR) is 116 cm³/mol. The van der Waals surface area contributed by atoms with Gasteiger partial charge in [0.25, 0.3) is 0 Å². The van der Waals surface area contributed by atoms with Gasteiger partial charge in [-0.05, 0) is 23.6 Å². The molecular formula is C23H18N6. The van der Waals surface area contributed by atoms with Crippen LogP contribution in [0.2, 0.25) is 0 Å². The maximum Gasteiger partial charge on any atom is 0.185 e. The molecule has 0 aliphatic heterocycles. The highest BCUT2D eigenvalue weighted by Crippen LogP contribution is 2.24. The molecule has 29 heavy (non-hydrogen) atoms. The fourth-order valence-corrected chi connectivity index (χ4v) is 3.35. The van der Waals surface area contributed by atoms with E-state index in [0.29, 0.717) is 5.82 Å². The van der Waals surface area contributed by atoms with Crippen LogP contribution in [0.4, 0.5) is 5.82 Å². The predicted octanol–water partition coefficient (Wildman–Crippen LogP) is 4.78. The van der Waals surface area contributed by atoms with E-state index in [4.69, 9.17) is 0 Å². The number of nitrogens with zero attached hydrogens (tertiary/aromatic N) is 5. The second kappa shape index (κ2) is 7.16. The lowest BCUT2D eigenvalue weighted by molar-refractivity contribution is 0.934. The van der Waals surface area contributed by atoms with Crippen molar-refractivity contribution < 1.29 is 0 Å². The van der Waals surface area contributed by atoms with Gasteiger partial charge in [0.1, 0.15) is 6.33 Å². The monoisotopic (exact) mass is 378 g/mol. The first-order valence-corrected chi connectivity index (χ1v) is 9.34. The maximum atomic E-state index is 4.56. The average Bonchev–Trinajstić information content (AvgIpc) is 3.27. The van der Waals surface area contributed by atoms with Crippen molar-refractivity contribution in [3.63, 3.8) is 0 Å². The van der Waals surface area contributed by atoms with E-state index in [1.807, 2.05) is 49.4 Å². The number of nitrogens with one attached hydrogen (secondary N) is 1. The molecule has 5 aromatic rings. The van der Waals surface area contributed by atoms with Gasteiger partial charge in [0.15, 0.2) is 11.5 Å². The zero-order chi connectivity index (χ0) is 19.6. The quantitative estimate of drug-likeness (QED) is 0.361. The van der Waals surface area contributed by atoms with E-state index < -0.39 is 0 Å². The van der Waals surface area contributed by atoms with Crippen LogP contribution in [0.1, 0.15) is 12.5 Å². The minimum absolute atomic E-state index is 0.660. The van der Waals surface area contributed by atoms with Crippen molar-refractivity contribution in [2.24, 2.45) is 5.10 Å². The van der Waals surface area contributed by atoms with Crippen molar-refractivity contribution in [2.45, 2.75) is 6.92 Å². The highest BCUT2D eigenvalue weighted by atomic mass is 15.4. The molecule has 1 N–H and O–H groups in total. The van der Waals surface area contributed by atoms with Crippen molar-refractivity contribution >= 4 is 27.9 Å². The number of hydrogen-bond acceptors (Lipinski definition) is 5. The lowest BCUT2D eigenvalue weighted by Gasteiger charge is -2.08. The highest BCUT2D eigenvalue weighted by molar-refractivity contribution is 6.02. The van der Waals surface area contributed by atoms with Gasteiger partial charge in [-0.2, -0.15) is 9.62 Å². The largest absolute Gasteiger partial charge is 0.259 e. The molecule has 140 valence electrons. The number of rotatable bonds is 4. The summed E-state index contributed by atoms with van der Waals surface area (Å²) in [7, 11) is 0. The normalized spacial score (nSPS) is 11.8. The number of benzene rings is 3. The Morgan fingerprint density at radius 3 is 2.31 bits per heavy atom. The number of hydrogen-bond donors (Lipinski definition) is 1. The third kappa shape index (κ3) is 3.21. The molecule has 0 radical (unpaired) electrons. The third-order valence-corrected chi connectivity index (χ3v) is 4.90. The molecule has 0 bridgehead atoms. The molecule has 0 saturated heterocycles. The molecule has 6 heteroatoms. The lowest BCUT2D eigenvalue weighted by Crippen LogP contribution is -2.04. The van der Waals surface area contributed by atoms with Crippen LogP contribution in [0.25, 0.3) is 27.5 Å². The molecule has 2 heterocycles. The molecule has 0 spiro atoms. The van der Waals surface area contributed by atoms with Crippen molar-refractivity contribution in [1.82, 2.24) is 19.8 Å². The average molecular weight is 378 g/mol. The SMILES string of the molecule is C/C(=N\Nc1nn2cnnc2c2ccccc12)c1ccc(-c2ccccc2)cc1. The fourth-order valence-electron chi connectivity index (χ4n) is 3.35. The van der Waals surface area contributed by atoms with Gasteiger partial charge in [-0.15, -0.1) is 15.3 Å².